The van der Waals surface area contributed by atoms with Gasteiger partial charge in [0.15, 0.2) is 6.10 Å². The summed E-state index contributed by atoms with van der Waals surface area (Å²) in [6, 6.07) is 4.71. The molecule has 9 heteroatoms. The van der Waals surface area contributed by atoms with Gasteiger partial charge in [0, 0.05) is 6.20 Å². The number of hydrogen-bond donors (Lipinski definition) is 2. The molecule has 0 aromatic carbocycles. The molecule has 1 atom stereocenters. The predicted octanol–water partition coefficient (Wildman–Crippen LogP) is 2.15. The van der Waals surface area contributed by atoms with Crippen molar-refractivity contribution in [2.24, 2.45) is 5.73 Å². The van der Waals surface area contributed by atoms with Gasteiger partial charge in [-0.25, -0.2) is 9.78 Å². The first-order valence-corrected chi connectivity index (χ1v) is 8.92. The van der Waals surface area contributed by atoms with E-state index in [-0.39, 0.29) is 5.56 Å². The average molecular weight is 365 g/mol. The first-order valence-electron chi connectivity index (χ1n) is 6.82. The number of carbonyl (C=O) groups is 3. The van der Waals surface area contributed by atoms with Crippen LogP contribution in [0.4, 0.5) is 5.00 Å². The molecule has 0 aliphatic rings. The number of primary amides is 1. The number of carbonyl (C=O) groups excluding carboxylic acids is 3. The Morgan fingerprint density at radius 2 is 2.08 bits per heavy atom. The van der Waals surface area contributed by atoms with Crippen LogP contribution >= 0.6 is 23.1 Å². The summed E-state index contributed by atoms with van der Waals surface area (Å²) in [4.78, 5) is 39.7. The number of thioether (sulfide) groups is 1. The Hall–Kier alpha value is -2.39. The van der Waals surface area contributed by atoms with E-state index >= 15 is 0 Å². The summed E-state index contributed by atoms with van der Waals surface area (Å²) in [5, 5.41) is 5.01. The summed E-state index contributed by atoms with van der Waals surface area (Å²) >= 11 is 2.46. The zero-order valence-electron chi connectivity index (χ0n) is 12.9. The molecule has 2 aromatic rings. The van der Waals surface area contributed by atoms with E-state index in [2.05, 4.69) is 10.3 Å². The van der Waals surface area contributed by atoms with E-state index in [1.54, 1.807) is 30.0 Å². The number of esters is 1. The quantitative estimate of drug-likeness (QED) is 0.599. The van der Waals surface area contributed by atoms with Crippen LogP contribution in [-0.2, 0) is 9.53 Å². The SMILES string of the molecule is CSc1ncccc1C(=O)O[C@@H](C)C(=O)Nc1sccc1C(N)=O. The van der Waals surface area contributed by atoms with Gasteiger partial charge in [0.05, 0.1) is 11.1 Å². The maximum absolute atomic E-state index is 12.2. The van der Waals surface area contributed by atoms with E-state index in [0.717, 1.165) is 11.3 Å². The van der Waals surface area contributed by atoms with Crippen LogP contribution in [0.1, 0.15) is 27.6 Å². The van der Waals surface area contributed by atoms with Gasteiger partial charge in [-0.1, -0.05) is 0 Å². The van der Waals surface area contributed by atoms with Gasteiger partial charge in [-0.2, -0.15) is 0 Å². The van der Waals surface area contributed by atoms with Crippen molar-refractivity contribution in [2.45, 2.75) is 18.1 Å². The number of anilines is 1. The minimum absolute atomic E-state index is 0.212. The van der Waals surface area contributed by atoms with E-state index in [4.69, 9.17) is 10.5 Å². The van der Waals surface area contributed by atoms with Crippen LogP contribution in [0.15, 0.2) is 34.8 Å². The lowest BCUT2D eigenvalue weighted by atomic mass is 10.3. The molecular formula is C15H15N3O4S2. The van der Waals surface area contributed by atoms with E-state index < -0.39 is 23.9 Å². The molecule has 0 saturated carbocycles. The van der Waals surface area contributed by atoms with Gasteiger partial charge in [-0.15, -0.1) is 23.1 Å². The van der Waals surface area contributed by atoms with Gasteiger partial charge >= 0.3 is 5.97 Å². The number of ether oxygens (including phenoxy) is 1. The molecule has 7 nitrogen and oxygen atoms in total. The van der Waals surface area contributed by atoms with Gasteiger partial charge in [0.1, 0.15) is 10.0 Å². The Balaban J connectivity index is 2.05. The largest absolute Gasteiger partial charge is 0.449 e. The van der Waals surface area contributed by atoms with Crippen LogP contribution in [0, 0.1) is 0 Å². The number of hydrogen-bond acceptors (Lipinski definition) is 7. The highest BCUT2D eigenvalue weighted by Crippen LogP contribution is 2.23. The smallest absolute Gasteiger partial charge is 0.341 e. The molecule has 0 unspecified atom stereocenters. The topological polar surface area (TPSA) is 111 Å². The van der Waals surface area contributed by atoms with Crippen LogP contribution in [-0.4, -0.2) is 35.1 Å². The molecule has 0 bridgehead atoms. The fourth-order valence-electron chi connectivity index (χ4n) is 1.80. The standard InChI is InChI=1S/C15H15N3O4S2/c1-8(12(20)18-14-9(11(16)19)5-7-24-14)22-15(21)10-4-3-6-17-13(10)23-2/h3-8H,1-2H3,(H2,16,19)(H,18,20)/t8-/m0/s1. The third kappa shape index (κ3) is 4.12. The number of pyridine rings is 1. The highest BCUT2D eigenvalue weighted by Gasteiger charge is 2.22. The molecule has 2 rings (SSSR count). The van der Waals surface area contributed by atoms with Crippen LogP contribution in [0.5, 0.6) is 0 Å². The molecule has 0 saturated heterocycles. The fourth-order valence-corrected chi connectivity index (χ4v) is 3.13. The van der Waals surface area contributed by atoms with Crippen molar-refractivity contribution in [1.82, 2.24) is 4.98 Å². The number of nitrogens with two attached hydrogens (primary N) is 1. The number of thiophene rings is 1. The third-order valence-corrected chi connectivity index (χ3v) is 4.55. The summed E-state index contributed by atoms with van der Waals surface area (Å²) in [5.74, 6) is -1.84. The molecule has 24 heavy (non-hydrogen) atoms. The van der Waals surface area contributed by atoms with Crippen molar-refractivity contribution in [2.75, 3.05) is 11.6 Å². The molecule has 2 amide bonds. The summed E-state index contributed by atoms with van der Waals surface area (Å²) in [5.41, 5.74) is 5.72. The average Bonchev–Trinajstić information content (AvgIpc) is 3.02. The Kier molecular flexibility index (Phi) is 5.93. The van der Waals surface area contributed by atoms with Crippen LogP contribution in [0.3, 0.4) is 0 Å². The van der Waals surface area contributed by atoms with Crippen molar-refractivity contribution >= 4 is 45.9 Å². The minimum Gasteiger partial charge on any atom is -0.449 e. The van der Waals surface area contributed by atoms with Crippen molar-refractivity contribution in [1.29, 1.82) is 0 Å². The summed E-state index contributed by atoms with van der Waals surface area (Å²) < 4.78 is 5.17. The fraction of sp³-hybridized carbons (Fsp3) is 0.200. The van der Waals surface area contributed by atoms with Gasteiger partial charge in [0.25, 0.3) is 11.8 Å². The number of amides is 2. The third-order valence-electron chi connectivity index (χ3n) is 3.00. The van der Waals surface area contributed by atoms with Crippen molar-refractivity contribution in [3.63, 3.8) is 0 Å². The summed E-state index contributed by atoms with van der Waals surface area (Å²) in [6.07, 6.45) is 2.31. The summed E-state index contributed by atoms with van der Waals surface area (Å²) in [6.45, 7) is 1.44. The molecule has 0 spiro atoms. The highest BCUT2D eigenvalue weighted by atomic mass is 32.2. The maximum Gasteiger partial charge on any atom is 0.341 e. The Bertz CT molecular complexity index is 776. The molecular weight excluding hydrogens is 350 g/mol. The predicted molar refractivity (Wildman–Crippen MR) is 92.4 cm³/mol. The van der Waals surface area contributed by atoms with E-state index in [0.29, 0.717) is 15.6 Å². The van der Waals surface area contributed by atoms with Gasteiger partial charge in [-0.3, -0.25) is 9.59 Å². The first kappa shape index (κ1) is 18.0. The molecule has 2 aromatic heterocycles. The molecule has 0 radical (unpaired) electrons. The van der Waals surface area contributed by atoms with Crippen molar-refractivity contribution in [3.8, 4) is 0 Å². The molecule has 0 aliphatic carbocycles. The molecule has 0 fully saturated rings. The molecule has 2 heterocycles. The van der Waals surface area contributed by atoms with Gasteiger partial charge in [0.2, 0.25) is 0 Å². The number of aromatic nitrogens is 1. The molecule has 126 valence electrons. The lowest BCUT2D eigenvalue weighted by molar-refractivity contribution is -0.123. The van der Waals surface area contributed by atoms with Crippen LogP contribution in [0.2, 0.25) is 0 Å². The number of nitrogens with zero attached hydrogens (tertiary/aromatic N) is 1. The maximum atomic E-state index is 12.2. The second-order valence-electron chi connectivity index (χ2n) is 4.62. The van der Waals surface area contributed by atoms with E-state index in [1.807, 2.05) is 0 Å². The lowest BCUT2D eigenvalue weighted by Crippen LogP contribution is -2.30. The Morgan fingerprint density at radius 3 is 2.75 bits per heavy atom. The first-order chi connectivity index (χ1) is 11.4. The highest BCUT2D eigenvalue weighted by molar-refractivity contribution is 7.98. The van der Waals surface area contributed by atoms with Crippen LogP contribution in [0.25, 0.3) is 0 Å². The zero-order valence-corrected chi connectivity index (χ0v) is 14.6. The Morgan fingerprint density at radius 1 is 1.33 bits per heavy atom. The zero-order chi connectivity index (χ0) is 17.7. The Labute approximate surface area is 146 Å². The monoisotopic (exact) mass is 365 g/mol. The van der Waals surface area contributed by atoms with Gasteiger partial charge in [-0.05, 0) is 36.8 Å². The van der Waals surface area contributed by atoms with Crippen LogP contribution < -0.4 is 11.1 Å². The van der Waals surface area contributed by atoms with Gasteiger partial charge < -0.3 is 15.8 Å². The number of rotatable bonds is 6. The molecule has 3 N–H and O–H groups in total. The molecule has 0 aliphatic heterocycles. The normalized spacial score (nSPS) is 11.6. The number of nitrogens with one attached hydrogen (secondary N) is 1. The van der Waals surface area contributed by atoms with E-state index in [1.165, 1.54) is 24.8 Å². The summed E-state index contributed by atoms with van der Waals surface area (Å²) in [7, 11) is 0. The van der Waals surface area contributed by atoms with Crippen molar-refractivity contribution in [3.05, 3.63) is 40.9 Å². The van der Waals surface area contributed by atoms with Crippen molar-refractivity contribution < 1.29 is 19.1 Å². The second kappa shape index (κ2) is 7.93. The second-order valence-corrected chi connectivity index (χ2v) is 6.34. The minimum atomic E-state index is -1.05. The van der Waals surface area contributed by atoms with E-state index in [9.17, 15) is 14.4 Å². The lowest BCUT2D eigenvalue weighted by Gasteiger charge is -2.14.